The fourth-order valence-corrected chi connectivity index (χ4v) is 2.40. The number of rotatable bonds is 2. The maximum absolute atomic E-state index is 11.2. The second-order valence-electron chi connectivity index (χ2n) is 4.63. The molecule has 0 amide bonds. The van der Waals surface area contributed by atoms with Crippen LogP contribution in [0.3, 0.4) is 0 Å². The van der Waals surface area contributed by atoms with Crippen LogP contribution in [0.15, 0.2) is 24.3 Å². The number of carboxylic acid groups (broad SMARTS) is 1. The van der Waals surface area contributed by atoms with E-state index in [2.05, 4.69) is 23.8 Å². The Labute approximate surface area is 101 Å². The highest BCUT2D eigenvalue weighted by atomic mass is 16.4. The molecular formula is C13H18N2O2. The van der Waals surface area contributed by atoms with E-state index in [9.17, 15) is 9.90 Å². The van der Waals surface area contributed by atoms with E-state index in [1.165, 1.54) is 0 Å². The lowest BCUT2D eigenvalue weighted by Crippen LogP contribution is -2.50. The van der Waals surface area contributed by atoms with Gasteiger partial charge in [-0.1, -0.05) is 12.1 Å². The Bertz CT molecular complexity index is 420. The number of likely N-dealkylation sites (N-methyl/N-ethyl adjacent to an activating group) is 1. The number of anilines is 1. The zero-order valence-corrected chi connectivity index (χ0v) is 10.3. The normalized spacial score (nSPS) is 21.5. The molecule has 1 N–H and O–H groups in total. The molecule has 1 unspecified atom stereocenters. The molecule has 1 saturated heterocycles. The molecule has 0 saturated carbocycles. The monoisotopic (exact) mass is 234 g/mol. The first-order valence-corrected chi connectivity index (χ1v) is 5.87. The maximum Gasteiger partial charge on any atom is 0.337 e. The Morgan fingerprint density at radius 1 is 1.35 bits per heavy atom. The first kappa shape index (κ1) is 11.9. The van der Waals surface area contributed by atoms with Gasteiger partial charge in [-0.15, -0.1) is 0 Å². The largest absolute Gasteiger partial charge is 0.478 e. The van der Waals surface area contributed by atoms with Gasteiger partial charge in [-0.25, -0.2) is 4.79 Å². The van der Waals surface area contributed by atoms with Crippen LogP contribution in [0.2, 0.25) is 0 Å². The van der Waals surface area contributed by atoms with Crippen molar-refractivity contribution in [1.82, 2.24) is 4.90 Å². The number of benzene rings is 1. The first-order chi connectivity index (χ1) is 8.09. The van der Waals surface area contributed by atoms with Gasteiger partial charge in [-0.2, -0.15) is 0 Å². The lowest BCUT2D eigenvalue weighted by atomic mass is 10.1. The van der Waals surface area contributed by atoms with Crippen molar-refractivity contribution < 1.29 is 9.90 Å². The summed E-state index contributed by atoms with van der Waals surface area (Å²) in [6, 6.07) is 7.57. The molecule has 2 rings (SSSR count). The zero-order valence-electron chi connectivity index (χ0n) is 10.3. The summed E-state index contributed by atoms with van der Waals surface area (Å²) < 4.78 is 0. The summed E-state index contributed by atoms with van der Waals surface area (Å²) in [6.07, 6.45) is 0. The van der Waals surface area contributed by atoms with Crippen LogP contribution in [0.5, 0.6) is 0 Å². The van der Waals surface area contributed by atoms with E-state index in [1.807, 2.05) is 12.1 Å². The Morgan fingerprint density at radius 3 is 2.71 bits per heavy atom. The molecule has 4 nitrogen and oxygen atoms in total. The molecule has 1 aromatic rings. The fraction of sp³-hybridized carbons (Fsp3) is 0.462. The van der Waals surface area contributed by atoms with Crippen LogP contribution >= 0.6 is 0 Å². The zero-order chi connectivity index (χ0) is 12.4. The third-order valence-electron chi connectivity index (χ3n) is 3.27. The maximum atomic E-state index is 11.2. The van der Waals surface area contributed by atoms with E-state index in [4.69, 9.17) is 0 Å². The summed E-state index contributed by atoms with van der Waals surface area (Å²) in [4.78, 5) is 15.7. The number of carboxylic acids is 1. The summed E-state index contributed by atoms with van der Waals surface area (Å²) in [5.41, 5.74) is 1.23. The van der Waals surface area contributed by atoms with E-state index < -0.39 is 5.97 Å². The number of aromatic carboxylic acids is 1. The molecule has 17 heavy (non-hydrogen) atoms. The van der Waals surface area contributed by atoms with Gasteiger partial charge < -0.3 is 14.9 Å². The predicted octanol–water partition coefficient (Wildman–Crippen LogP) is 1.53. The van der Waals surface area contributed by atoms with Crippen molar-refractivity contribution in [2.75, 3.05) is 31.6 Å². The molecule has 0 aromatic heterocycles. The molecule has 1 fully saturated rings. The van der Waals surface area contributed by atoms with Gasteiger partial charge in [0, 0.05) is 25.7 Å². The topological polar surface area (TPSA) is 43.8 Å². The highest BCUT2D eigenvalue weighted by Crippen LogP contribution is 2.24. The van der Waals surface area contributed by atoms with Gasteiger partial charge in [0.2, 0.25) is 0 Å². The SMILES string of the molecule is CC1CN(C)CCN1c1ccccc1C(=O)O. The van der Waals surface area contributed by atoms with Gasteiger partial charge in [0.25, 0.3) is 0 Å². The van der Waals surface area contributed by atoms with Crippen molar-refractivity contribution in [2.24, 2.45) is 0 Å². The highest BCUT2D eigenvalue weighted by Gasteiger charge is 2.24. The molecule has 0 bridgehead atoms. The van der Waals surface area contributed by atoms with Crippen LogP contribution in [0.1, 0.15) is 17.3 Å². The summed E-state index contributed by atoms with van der Waals surface area (Å²) in [6.45, 7) is 4.95. The lowest BCUT2D eigenvalue weighted by molar-refractivity contribution is 0.0697. The van der Waals surface area contributed by atoms with Crippen LogP contribution in [0, 0.1) is 0 Å². The summed E-state index contributed by atoms with van der Waals surface area (Å²) >= 11 is 0. The minimum atomic E-state index is -0.855. The van der Waals surface area contributed by atoms with Crippen molar-refractivity contribution in [1.29, 1.82) is 0 Å². The van der Waals surface area contributed by atoms with Gasteiger partial charge in [-0.3, -0.25) is 0 Å². The first-order valence-electron chi connectivity index (χ1n) is 5.87. The average Bonchev–Trinajstić information content (AvgIpc) is 2.29. The predicted molar refractivity (Wildman–Crippen MR) is 67.7 cm³/mol. The Morgan fingerprint density at radius 2 is 2.06 bits per heavy atom. The second-order valence-corrected chi connectivity index (χ2v) is 4.63. The molecule has 0 radical (unpaired) electrons. The molecule has 92 valence electrons. The van der Waals surface area contributed by atoms with Crippen molar-refractivity contribution in [3.05, 3.63) is 29.8 Å². The summed E-state index contributed by atoms with van der Waals surface area (Å²) in [5, 5.41) is 9.20. The molecule has 1 aliphatic heterocycles. The van der Waals surface area contributed by atoms with E-state index in [0.717, 1.165) is 25.3 Å². The van der Waals surface area contributed by atoms with E-state index in [-0.39, 0.29) is 0 Å². The number of nitrogens with zero attached hydrogens (tertiary/aromatic N) is 2. The van der Waals surface area contributed by atoms with Crippen LogP contribution < -0.4 is 4.90 Å². The van der Waals surface area contributed by atoms with Crippen molar-refractivity contribution in [3.8, 4) is 0 Å². The third kappa shape index (κ3) is 2.42. The van der Waals surface area contributed by atoms with Crippen LogP contribution in [-0.2, 0) is 0 Å². The standard InChI is InChI=1S/C13H18N2O2/c1-10-9-14(2)7-8-15(10)12-6-4-3-5-11(12)13(16)17/h3-6,10H,7-9H2,1-2H3,(H,16,17). The highest BCUT2D eigenvalue weighted by molar-refractivity contribution is 5.94. The smallest absolute Gasteiger partial charge is 0.337 e. The van der Waals surface area contributed by atoms with E-state index in [0.29, 0.717) is 11.6 Å². The molecule has 4 heteroatoms. The lowest BCUT2D eigenvalue weighted by Gasteiger charge is -2.40. The average molecular weight is 234 g/mol. The van der Waals surface area contributed by atoms with Crippen LogP contribution in [0.4, 0.5) is 5.69 Å². The molecule has 1 aromatic carbocycles. The number of hydrogen-bond acceptors (Lipinski definition) is 3. The number of carbonyl (C=O) groups is 1. The minimum absolute atomic E-state index is 0.342. The molecule has 1 aliphatic rings. The molecule has 0 aliphatic carbocycles. The molecule has 1 atom stereocenters. The van der Waals surface area contributed by atoms with Crippen molar-refractivity contribution in [3.63, 3.8) is 0 Å². The summed E-state index contributed by atoms with van der Waals surface area (Å²) in [7, 11) is 2.09. The van der Waals surface area contributed by atoms with Crippen LogP contribution in [0.25, 0.3) is 0 Å². The fourth-order valence-electron chi connectivity index (χ4n) is 2.40. The quantitative estimate of drug-likeness (QED) is 0.842. The van der Waals surface area contributed by atoms with Gasteiger partial charge in [0.15, 0.2) is 0 Å². The van der Waals surface area contributed by atoms with Crippen LogP contribution in [-0.4, -0.2) is 48.7 Å². The molecular weight excluding hydrogens is 216 g/mol. The number of para-hydroxylation sites is 1. The van der Waals surface area contributed by atoms with Gasteiger partial charge in [0.05, 0.1) is 11.3 Å². The van der Waals surface area contributed by atoms with Gasteiger partial charge in [-0.05, 0) is 26.1 Å². The number of hydrogen-bond donors (Lipinski definition) is 1. The van der Waals surface area contributed by atoms with E-state index >= 15 is 0 Å². The molecule has 0 spiro atoms. The Hall–Kier alpha value is -1.55. The second kappa shape index (κ2) is 4.75. The molecule has 1 heterocycles. The summed E-state index contributed by atoms with van der Waals surface area (Å²) in [5.74, 6) is -0.855. The van der Waals surface area contributed by atoms with Crippen molar-refractivity contribution >= 4 is 11.7 Å². The van der Waals surface area contributed by atoms with Gasteiger partial charge >= 0.3 is 5.97 Å². The minimum Gasteiger partial charge on any atom is -0.478 e. The van der Waals surface area contributed by atoms with E-state index in [1.54, 1.807) is 12.1 Å². The van der Waals surface area contributed by atoms with Gasteiger partial charge in [0.1, 0.15) is 0 Å². The third-order valence-corrected chi connectivity index (χ3v) is 3.27. The Balaban J connectivity index is 2.30. The number of piperazine rings is 1. The Kier molecular flexibility index (Phi) is 3.33. The van der Waals surface area contributed by atoms with Crippen molar-refractivity contribution in [2.45, 2.75) is 13.0 Å².